The molecule has 0 saturated heterocycles. The van der Waals surface area contributed by atoms with Gasteiger partial charge in [-0.15, -0.1) is 34.0 Å². The molecule has 59 heavy (non-hydrogen) atoms. The van der Waals surface area contributed by atoms with Crippen molar-refractivity contribution in [3.63, 3.8) is 0 Å². The van der Waals surface area contributed by atoms with Crippen molar-refractivity contribution in [2.45, 2.75) is 75.0 Å². The Kier molecular flexibility index (Phi) is 8.01. The highest BCUT2D eigenvalue weighted by Gasteiger charge is 2.51. The Balaban J connectivity index is 1.08. The minimum absolute atomic E-state index is 0.0399. The van der Waals surface area contributed by atoms with Gasteiger partial charge in [-0.25, -0.2) is 0 Å². The molecule has 2 aromatic carbocycles. The van der Waals surface area contributed by atoms with Gasteiger partial charge >= 0.3 is 0 Å². The molecule has 2 spiro atoms. The standard InChI is InChI=1S/C50H32N4O2S3/c51-23-27(24-52)39-31-11-3-5-13-33(31)43(55)35(39)19-29-20-38-41(49(29)15-7-1-8-16-49)46-48(58-38)42-47(59-46)45-37(50(42)17-9-2-10-18-50)22-30(57-45)21-36-40(28(25-53)26-54)32-12-4-6-14-34(32)44(36)56/h3-6,11-14,19-22H,1-2,7-10,15-18H2/b35-19-,36-21+. The lowest BCUT2D eigenvalue weighted by molar-refractivity contribution is 0.103. The van der Waals surface area contributed by atoms with Gasteiger partial charge in [0.1, 0.15) is 35.4 Å². The summed E-state index contributed by atoms with van der Waals surface area (Å²) in [7, 11) is 0. The topological polar surface area (TPSA) is 129 Å². The van der Waals surface area contributed by atoms with E-state index in [9.17, 15) is 30.6 Å². The molecule has 0 amide bonds. The van der Waals surface area contributed by atoms with E-state index in [2.05, 4.69) is 24.3 Å². The van der Waals surface area contributed by atoms with Crippen LogP contribution in [0.2, 0.25) is 0 Å². The van der Waals surface area contributed by atoms with Crippen LogP contribution in [0.5, 0.6) is 0 Å². The highest BCUT2D eigenvalue weighted by Crippen LogP contribution is 2.67. The number of hydrogen-bond donors (Lipinski definition) is 0. The molecule has 3 aromatic heterocycles. The Hall–Kier alpha value is -6.20. The largest absolute Gasteiger partial charge is 0.289 e. The fraction of sp³-hybridized carbons (Fsp3) is 0.240. The predicted octanol–water partition coefficient (Wildman–Crippen LogP) is 12.6. The van der Waals surface area contributed by atoms with Crippen molar-refractivity contribution >= 4 is 78.3 Å². The van der Waals surface area contributed by atoms with E-state index in [1.165, 1.54) is 47.1 Å². The number of Topliss-reactive ketones (excluding diaryl/α,β-unsaturated/α-hetero) is 2. The van der Waals surface area contributed by atoms with Crippen molar-refractivity contribution in [2.75, 3.05) is 0 Å². The van der Waals surface area contributed by atoms with E-state index in [1.54, 1.807) is 23.5 Å². The quantitative estimate of drug-likeness (QED) is 0.129. The van der Waals surface area contributed by atoms with Crippen LogP contribution in [0.25, 0.3) is 42.5 Å². The van der Waals surface area contributed by atoms with Crippen LogP contribution in [-0.2, 0) is 10.8 Å². The normalized spacial score (nSPS) is 20.2. The molecule has 6 aliphatic rings. The number of nitriles is 4. The van der Waals surface area contributed by atoms with Crippen LogP contribution in [0, 0.1) is 45.3 Å². The smallest absolute Gasteiger partial charge is 0.194 e. The second kappa shape index (κ2) is 13.2. The van der Waals surface area contributed by atoms with Crippen LogP contribution in [0.3, 0.4) is 0 Å². The second-order valence-corrected chi connectivity index (χ2v) is 19.6. The summed E-state index contributed by atoms with van der Waals surface area (Å²) in [5.74, 6) is -0.302. The van der Waals surface area contributed by atoms with Crippen LogP contribution < -0.4 is 0 Å². The number of fused-ring (bicyclic) bond motifs is 12. The number of ketones is 2. The van der Waals surface area contributed by atoms with Crippen LogP contribution in [0.4, 0.5) is 0 Å². The summed E-state index contributed by atoms with van der Waals surface area (Å²) in [4.78, 5) is 32.8. The van der Waals surface area contributed by atoms with Crippen molar-refractivity contribution in [1.82, 2.24) is 0 Å². The van der Waals surface area contributed by atoms with E-state index >= 15 is 0 Å². The van der Waals surface area contributed by atoms with Crippen molar-refractivity contribution < 1.29 is 9.59 Å². The zero-order valence-corrected chi connectivity index (χ0v) is 34.3. The lowest BCUT2D eigenvalue weighted by atomic mass is 9.66. The second-order valence-electron chi connectivity index (χ2n) is 16.4. The number of carbonyl (C=O) groups excluding carboxylic acids is 2. The number of carbonyl (C=O) groups is 2. The van der Waals surface area contributed by atoms with E-state index in [1.807, 2.05) is 83.4 Å². The lowest BCUT2D eigenvalue weighted by Crippen LogP contribution is -2.29. The summed E-state index contributed by atoms with van der Waals surface area (Å²) in [6.07, 6.45) is 17.1. The molecule has 0 aliphatic heterocycles. The van der Waals surface area contributed by atoms with Gasteiger partial charge in [0, 0.05) is 64.4 Å². The molecular formula is C50H32N4O2S3. The Bertz CT molecular complexity index is 3120. The fourth-order valence-electron chi connectivity index (χ4n) is 11.2. The van der Waals surface area contributed by atoms with Crippen molar-refractivity contribution in [2.24, 2.45) is 0 Å². The first-order chi connectivity index (χ1) is 28.9. The Morgan fingerprint density at radius 2 is 1.08 bits per heavy atom. The van der Waals surface area contributed by atoms with Crippen LogP contribution in [-0.4, -0.2) is 11.6 Å². The first kappa shape index (κ1) is 35.9. The average molecular weight is 817 g/mol. The third-order valence-corrected chi connectivity index (χ3v) is 17.4. The molecule has 0 radical (unpaired) electrons. The van der Waals surface area contributed by atoms with Gasteiger partial charge in [0.05, 0.1) is 14.3 Å². The number of benzene rings is 2. The molecule has 0 atom stereocenters. The van der Waals surface area contributed by atoms with Gasteiger partial charge in [0.2, 0.25) is 0 Å². The number of hydrogen-bond acceptors (Lipinski definition) is 9. The molecule has 0 unspecified atom stereocenters. The minimum Gasteiger partial charge on any atom is -0.289 e. The molecule has 3 heterocycles. The first-order valence-corrected chi connectivity index (χ1v) is 22.6. The maximum atomic E-state index is 14.1. The molecule has 6 nitrogen and oxygen atoms in total. The van der Waals surface area contributed by atoms with Gasteiger partial charge in [0.15, 0.2) is 11.6 Å². The van der Waals surface area contributed by atoms with E-state index in [4.69, 9.17) is 0 Å². The zero-order valence-electron chi connectivity index (χ0n) is 31.8. The SMILES string of the molecule is N#CC(C#N)=C1/C(=C/C2=Cc3sc4c5c(sc4c3C23CCCCC3)-c2sc(/C=C3/C(=O)c4ccccc4C3=C(C#N)C#N)cc2C52CCCCC2)C(=O)c2ccccc21. The highest BCUT2D eigenvalue weighted by molar-refractivity contribution is 7.32. The van der Waals surface area contributed by atoms with Gasteiger partial charge in [-0.3, -0.25) is 9.59 Å². The van der Waals surface area contributed by atoms with E-state index in [-0.39, 0.29) is 33.5 Å². The fourth-order valence-corrected chi connectivity index (χ4v) is 15.8. The maximum Gasteiger partial charge on any atom is 0.194 e. The van der Waals surface area contributed by atoms with Gasteiger partial charge in [-0.05, 0) is 77.8 Å². The minimum atomic E-state index is -0.273. The Labute approximate surface area is 353 Å². The monoisotopic (exact) mass is 816 g/mol. The molecule has 11 rings (SSSR count). The van der Waals surface area contributed by atoms with Crippen LogP contribution in [0.1, 0.15) is 122 Å². The Morgan fingerprint density at radius 3 is 1.64 bits per heavy atom. The van der Waals surface area contributed by atoms with Crippen LogP contribution in [0.15, 0.2) is 88.5 Å². The van der Waals surface area contributed by atoms with Crippen molar-refractivity contribution in [1.29, 1.82) is 21.0 Å². The third-order valence-electron chi connectivity index (χ3n) is 13.7. The van der Waals surface area contributed by atoms with Crippen LogP contribution >= 0.6 is 34.0 Å². The summed E-state index contributed by atoms with van der Waals surface area (Å²) in [5, 5.41) is 39.9. The molecule has 2 fully saturated rings. The average Bonchev–Trinajstić information content (AvgIpc) is 4.12. The molecule has 0 bridgehead atoms. The molecule has 0 N–H and O–H groups in total. The van der Waals surface area contributed by atoms with E-state index < -0.39 is 0 Å². The highest BCUT2D eigenvalue weighted by atomic mass is 32.1. The Morgan fingerprint density at radius 1 is 0.576 bits per heavy atom. The number of allylic oxidation sites excluding steroid dienone is 8. The molecule has 5 aromatic rings. The van der Waals surface area contributed by atoms with Gasteiger partial charge < -0.3 is 0 Å². The van der Waals surface area contributed by atoms with Crippen molar-refractivity contribution in [3.05, 3.63) is 137 Å². The first-order valence-electron chi connectivity index (χ1n) is 20.2. The molecule has 6 aliphatic carbocycles. The number of nitrogens with zero attached hydrogens (tertiary/aromatic N) is 4. The summed E-state index contributed by atoms with van der Waals surface area (Å²) in [6.45, 7) is 0. The van der Waals surface area contributed by atoms with Gasteiger partial charge in [0.25, 0.3) is 0 Å². The van der Waals surface area contributed by atoms with Gasteiger partial charge in [-0.2, -0.15) is 21.0 Å². The summed E-state index contributed by atoms with van der Waals surface area (Å²) >= 11 is 5.51. The molecule has 2 saturated carbocycles. The van der Waals surface area contributed by atoms with Crippen molar-refractivity contribution in [3.8, 4) is 34.0 Å². The summed E-state index contributed by atoms with van der Waals surface area (Å²) in [5.41, 5.74) is 8.84. The predicted molar refractivity (Wildman–Crippen MR) is 234 cm³/mol. The van der Waals surface area contributed by atoms with E-state index in [0.717, 1.165) is 68.2 Å². The third kappa shape index (κ3) is 4.79. The lowest BCUT2D eigenvalue weighted by Gasteiger charge is -2.36. The molecule has 9 heteroatoms. The number of thiophene rings is 3. The summed E-state index contributed by atoms with van der Waals surface area (Å²) in [6, 6.07) is 25.1. The van der Waals surface area contributed by atoms with E-state index in [0.29, 0.717) is 44.5 Å². The zero-order chi connectivity index (χ0) is 40.2. The summed E-state index contributed by atoms with van der Waals surface area (Å²) < 4.78 is 2.73. The van der Waals surface area contributed by atoms with Gasteiger partial charge in [-0.1, -0.05) is 87.1 Å². The molecule has 282 valence electrons. The molecular weight excluding hydrogens is 785 g/mol. The maximum absolute atomic E-state index is 14.1. The number of rotatable bonds is 2.